The maximum absolute atomic E-state index is 6.00. The number of aromatic nitrogens is 4. The van der Waals surface area contributed by atoms with E-state index in [9.17, 15) is 0 Å². The maximum Gasteiger partial charge on any atom is 0.147 e. The molecule has 3 aromatic heterocycles. The van der Waals surface area contributed by atoms with Gasteiger partial charge in [-0.3, -0.25) is 4.98 Å². The van der Waals surface area contributed by atoms with Crippen molar-refractivity contribution < 1.29 is 0 Å². The quantitative estimate of drug-likeness (QED) is 0.756. The summed E-state index contributed by atoms with van der Waals surface area (Å²) in [6.45, 7) is 2.94. The van der Waals surface area contributed by atoms with Gasteiger partial charge in [-0.05, 0) is 24.5 Å². The van der Waals surface area contributed by atoms with E-state index in [2.05, 4.69) is 26.6 Å². The molecule has 6 nitrogen and oxygen atoms in total. The fourth-order valence-corrected chi connectivity index (χ4v) is 3.02. The predicted molar refractivity (Wildman–Crippen MR) is 85.1 cm³/mol. The van der Waals surface area contributed by atoms with Crippen LogP contribution in [0.4, 0.5) is 10.8 Å². The molecule has 3 rings (SSSR count). The Morgan fingerprint density at radius 2 is 2.29 bits per heavy atom. The molecular weight excluding hydrogens is 284 g/mol. The number of hydrogen-bond donors (Lipinski definition) is 2. The number of pyridine rings is 1. The molecule has 3 heterocycles. The minimum Gasteiger partial charge on any atom is -0.382 e. The van der Waals surface area contributed by atoms with E-state index in [-0.39, 0.29) is 6.04 Å². The van der Waals surface area contributed by atoms with E-state index in [1.54, 1.807) is 24.9 Å². The molecule has 0 aromatic carbocycles. The van der Waals surface area contributed by atoms with Gasteiger partial charge in [-0.1, -0.05) is 6.07 Å². The molecule has 0 aliphatic heterocycles. The first-order chi connectivity index (χ1) is 10.2. The molecule has 0 aliphatic carbocycles. The van der Waals surface area contributed by atoms with Crippen molar-refractivity contribution in [3.63, 3.8) is 0 Å². The van der Waals surface area contributed by atoms with Gasteiger partial charge in [0.05, 0.1) is 11.9 Å². The molecule has 21 heavy (non-hydrogen) atoms. The Bertz CT molecular complexity index is 692. The van der Waals surface area contributed by atoms with Crippen molar-refractivity contribution in [1.29, 1.82) is 0 Å². The van der Waals surface area contributed by atoms with Crippen LogP contribution < -0.4 is 11.1 Å². The van der Waals surface area contributed by atoms with Gasteiger partial charge in [0.1, 0.15) is 10.8 Å². The van der Waals surface area contributed by atoms with Crippen molar-refractivity contribution in [2.75, 3.05) is 11.1 Å². The third kappa shape index (κ3) is 3.03. The summed E-state index contributed by atoms with van der Waals surface area (Å²) >= 11 is 1.37. The number of rotatable bonds is 5. The van der Waals surface area contributed by atoms with Gasteiger partial charge in [0.2, 0.25) is 0 Å². The highest BCUT2D eigenvalue weighted by Crippen LogP contribution is 2.36. The molecule has 0 fully saturated rings. The van der Waals surface area contributed by atoms with Crippen LogP contribution in [0.25, 0.3) is 11.1 Å². The van der Waals surface area contributed by atoms with Crippen LogP contribution >= 0.6 is 11.5 Å². The number of nitrogens with two attached hydrogens (primary N) is 1. The Balaban J connectivity index is 1.80. The van der Waals surface area contributed by atoms with Gasteiger partial charge in [-0.2, -0.15) is 4.37 Å². The van der Waals surface area contributed by atoms with Crippen molar-refractivity contribution in [2.45, 2.75) is 19.5 Å². The lowest BCUT2D eigenvalue weighted by Gasteiger charge is -2.15. The van der Waals surface area contributed by atoms with E-state index in [4.69, 9.17) is 5.73 Å². The van der Waals surface area contributed by atoms with E-state index in [0.29, 0.717) is 5.82 Å². The molecule has 0 saturated carbocycles. The fourth-order valence-electron chi connectivity index (χ4n) is 2.17. The Morgan fingerprint density at radius 1 is 1.38 bits per heavy atom. The molecule has 0 saturated heterocycles. The Morgan fingerprint density at radius 3 is 3.00 bits per heavy atom. The number of nitrogens with zero attached hydrogens (tertiary/aromatic N) is 4. The van der Waals surface area contributed by atoms with E-state index in [1.165, 1.54) is 11.5 Å². The molecule has 7 heteroatoms. The minimum absolute atomic E-state index is 0.231. The van der Waals surface area contributed by atoms with Crippen LogP contribution in [0.1, 0.15) is 6.92 Å². The van der Waals surface area contributed by atoms with Crippen LogP contribution in [-0.2, 0) is 6.54 Å². The number of imidazole rings is 1. The molecule has 108 valence electrons. The highest BCUT2D eigenvalue weighted by atomic mass is 32.1. The Hall–Kier alpha value is -2.41. The normalized spacial score (nSPS) is 12.2. The molecule has 3 N–H and O–H groups in total. The topological polar surface area (TPSA) is 81.7 Å². The van der Waals surface area contributed by atoms with Crippen LogP contribution in [0, 0.1) is 0 Å². The van der Waals surface area contributed by atoms with Gasteiger partial charge in [0.25, 0.3) is 0 Å². The second-order valence-corrected chi connectivity index (χ2v) is 5.59. The fraction of sp³-hybridized carbons (Fsp3) is 0.214. The van der Waals surface area contributed by atoms with Crippen LogP contribution in [0.5, 0.6) is 0 Å². The summed E-state index contributed by atoms with van der Waals surface area (Å²) in [5, 5.41) is 4.43. The molecule has 1 unspecified atom stereocenters. The third-order valence-corrected chi connectivity index (χ3v) is 3.88. The average Bonchev–Trinajstić information content (AvgIpc) is 3.10. The van der Waals surface area contributed by atoms with Crippen molar-refractivity contribution in [3.05, 3.63) is 43.2 Å². The molecular formula is C14H16N6S. The Kier molecular flexibility index (Phi) is 3.83. The standard InChI is InChI=1S/C14H16N6S/c1-10(8-20-6-5-17-9-20)18-14-12(13(15)19-21-14)11-3-2-4-16-7-11/h2-7,9-10,18H,8H2,1H3,(H2,15,19). The lowest BCUT2D eigenvalue weighted by molar-refractivity contribution is 0.620. The maximum atomic E-state index is 6.00. The third-order valence-electron chi connectivity index (χ3n) is 3.09. The summed E-state index contributed by atoms with van der Waals surface area (Å²) in [6.07, 6.45) is 9.07. The van der Waals surface area contributed by atoms with Gasteiger partial charge >= 0.3 is 0 Å². The number of nitrogen functional groups attached to an aromatic ring is 1. The van der Waals surface area contributed by atoms with Gasteiger partial charge in [0.15, 0.2) is 0 Å². The summed E-state index contributed by atoms with van der Waals surface area (Å²) in [5.74, 6) is 0.533. The summed E-state index contributed by atoms with van der Waals surface area (Å²) < 4.78 is 6.29. The first-order valence-electron chi connectivity index (χ1n) is 6.62. The molecule has 0 spiro atoms. The SMILES string of the molecule is CC(Cn1ccnc1)Nc1snc(N)c1-c1cccnc1. The second-order valence-electron chi connectivity index (χ2n) is 4.82. The summed E-state index contributed by atoms with van der Waals surface area (Å²) in [6, 6.07) is 4.11. The molecule has 0 bridgehead atoms. The lowest BCUT2D eigenvalue weighted by atomic mass is 10.1. The number of anilines is 2. The smallest absolute Gasteiger partial charge is 0.147 e. The minimum atomic E-state index is 0.231. The number of nitrogens with one attached hydrogen (secondary N) is 1. The zero-order valence-electron chi connectivity index (χ0n) is 11.6. The lowest BCUT2D eigenvalue weighted by Crippen LogP contribution is -2.21. The zero-order chi connectivity index (χ0) is 14.7. The molecule has 0 aliphatic rings. The molecule has 0 radical (unpaired) electrons. The van der Waals surface area contributed by atoms with E-state index < -0.39 is 0 Å². The van der Waals surface area contributed by atoms with Crippen LogP contribution in [0.3, 0.4) is 0 Å². The predicted octanol–water partition coefficient (Wildman–Crippen LogP) is 2.48. The van der Waals surface area contributed by atoms with Crippen LogP contribution in [0.15, 0.2) is 43.2 Å². The van der Waals surface area contributed by atoms with Crippen molar-refractivity contribution in [1.82, 2.24) is 18.9 Å². The largest absolute Gasteiger partial charge is 0.382 e. The van der Waals surface area contributed by atoms with Gasteiger partial charge < -0.3 is 15.6 Å². The summed E-state index contributed by atoms with van der Waals surface area (Å²) in [7, 11) is 0. The van der Waals surface area contributed by atoms with Crippen LogP contribution in [0.2, 0.25) is 0 Å². The summed E-state index contributed by atoms with van der Waals surface area (Å²) in [4.78, 5) is 8.19. The van der Waals surface area contributed by atoms with E-state index in [1.807, 2.05) is 22.9 Å². The van der Waals surface area contributed by atoms with Crippen molar-refractivity contribution in [3.8, 4) is 11.1 Å². The molecule has 3 aromatic rings. The zero-order valence-corrected chi connectivity index (χ0v) is 12.4. The first-order valence-corrected chi connectivity index (χ1v) is 7.39. The van der Waals surface area contributed by atoms with Crippen LogP contribution in [-0.4, -0.2) is 25.0 Å². The van der Waals surface area contributed by atoms with Crippen molar-refractivity contribution in [2.24, 2.45) is 0 Å². The second kappa shape index (κ2) is 5.92. The van der Waals surface area contributed by atoms with E-state index in [0.717, 1.165) is 22.7 Å². The Labute approximate surface area is 126 Å². The monoisotopic (exact) mass is 300 g/mol. The highest BCUT2D eigenvalue weighted by molar-refractivity contribution is 7.11. The molecule has 0 amide bonds. The molecule has 1 atom stereocenters. The van der Waals surface area contributed by atoms with Crippen molar-refractivity contribution >= 4 is 22.4 Å². The number of hydrogen-bond acceptors (Lipinski definition) is 6. The summed E-state index contributed by atoms with van der Waals surface area (Å²) in [5.41, 5.74) is 7.90. The first kappa shape index (κ1) is 13.6. The van der Waals surface area contributed by atoms with Gasteiger partial charge in [-0.15, -0.1) is 0 Å². The van der Waals surface area contributed by atoms with E-state index >= 15 is 0 Å². The average molecular weight is 300 g/mol. The van der Waals surface area contributed by atoms with Gasteiger partial charge in [-0.25, -0.2) is 4.98 Å². The van der Waals surface area contributed by atoms with Gasteiger partial charge in [0, 0.05) is 42.9 Å². The highest BCUT2D eigenvalue weighted by Gasteiger charge is 2.15.